The lowest BCUT2D eigenvalue weighted by molar-refractivity contribution is 0.0949. The summed E-state index contributed by atoms with van der Waals surface area (Å²) in [4.78, 5) is 14.7. The minimum Gasteiger partial charge on any atom is -0.356 e. The molecule has 1 heterocycles. The van der Waals surface area contributed by atoms with Gasteiger partial charge in [-0.05, 0) is 34.8 Å². The van der Waals surface area contributed by atoms with Crippen molar-refractivity contribution in [3.05, 3.63) is 22.4 Å². The number of hydrogen-bond acceptors (Lipinski definition) is 2. The second-order valence-corrected chi connectivity index (χ2v) is 6.05. The van der Waals surface area contributed by atoms with E-state index in [1.54, 1.807) is 12.3 Å². The zero-order valence-electron chi connectivity index (χ0n) is 11.2. The molecule has 1 aromatic heterocycles. The highest BCUT2D eigenvalue weighted by Crippen LogP contribution is 2.16. The summed E-state index contributed by atoms with van der Waals surface area (Å²) >= 11 is 3.32. The SMILES string of the molecule is O=C(NCCNC1CCCCCC1)c1cc(Br)c[nH]1. The molecule has 3 N–H and O–H groups in total. The maximum absolute atomic E-state index is 11.8. The number of H-pyrrole nitrogens is 1. The standard InChI is InChI=1S/C14H22BrN3O/c15-11-9-13(18-10-11)14(19)17-8-7-16-12-5-3-1-2-4-6-12/h9-10,12,16,18H,1-8H2,(H,17,19). The maximum Gasteiger partial charge on any atom is 0.267 e. The Bertz CT molecular complexity index is 397. The van der Waals surface area contributed by atoms with Gasteiger partial charge in [-0.25, -0.2) is 0 Å². The molecule has 0 spiro atoms. The van der Waals surface area contributed by atoms with Crippen molar-refractivity contribution in [1.82, 2.24) is 15.6 Å². The molecule has 0 aromatic carbocycles. The Kier molecular flexibility index (Phi) is 5.92. The fourth-order valence-electron chi connectivity index (χ4n) is 2.53. The summed E-state index contributed by atoms with van der Waals surface area (Å²) in [6, 6.07) is 2.42. The molecule has 19 heavy (non-hydrogen) atoms. The summed E-state index contributed by atoms with van der Waals surface area (Å²) in [5.41, 5.74) is 0.598. The molecule has 1 aromatic rings. The van der Waals surface area contributed by atoms with Crippen molar-refractivity contribution >= 4 is 21.8 Å². The number of rotatable bonds is 5. The number of nitrogens with one attached hydrogen (secondary N) is 3. The minimum atomic E-state index is -0.0478. The fraction of sp³-hybridized carbons (Fsp3) is 0.643. The van der Waals surface area contributed by atoms with Crippen LogP contribution in [0.2, 0.25) is 0 Å². The lowest BCUT2D eigenvalue weighted by Crippen LogP contribution is -2.36. The molecule has 106 valence electrons. The maximum atomic E-state index is 11.8. The summed E-state index contributed by atoms with van der Waals surface area (Å²) in [6.07, 6.45) is 9.72. The van der Waals surface area contributed by atoms with Crippen LogP contribution in [0.4, 0.5) is 0 Å². The van der Waals surface area contributed by atoms with Crippen molar-refractivity contribution < 1.29 is 4.79 Å². The molecule has 0 aliphatic heterocycles. The Balaban J connectivity index is 1.62. The van der Waals surface area contributed by atoms with Crippen LogP contribution < -0.4 is 10.6 Å². The molecule has 2 rings (SSSR count). The predicted octanol–water partition coefficient (Wildman–Crippen LogP) is 2.82. The van der Waals surface area contributed by atoms with Gasteiger partial charge in [0.1, 0.15) is 5.69 Å². The Hall–Kier alpha value is -0.810. The van der Waals surface area contributed by atoms with E-state index in [9.17, 15) is 4.79 Å². The number of halogens is 1. The minimum absolute atomic E-state index is 0.0478. The van der Waals surface area contributed by atoms with Gasteiger partial charge in [0.25, 0.3) is 5.91 Å². The topological polar surface area (TPSA) is 56.9 Å². The second-order valence-electron chi connectivity index (χ2n) is 5.13. The Labute approximate surface area is 122 Å². The van der Waals surface area contributed by atoms with Crippen molar-refractivity contribution in [3.63, 3.8) is 0 Å². The highest BCUT2D eigenvalue weighted by Gasteiger charge is 2.11. The number of amides is 1. The van der Waals surface area contributed by atoms with Gasteiger partial charge >= 0.3 is 0 Å². The van der Waals surface area contributed by atoms with Crippen LogP contribution in [0.15, 0.2) is 16.7 Å². The monoisotopic (exact) mass is 327 g/mol. The Morgan fingerprint density at radius 1 is 1.26 bits per heavy atom. The van der Waals surface area contributed by atoms with Crippen molar-refractivity contribution in [2.75, 3.05) is 13.1 Å². The van der Waals surface area contributed by atoms with Crippen molar-refractivity contribution in [2.24, 2.45) is 0 Å². The first-order chi connectivity index (χ1) is 9.25. The Morgan fingerprint density at radius 2 is 2.00 bits per heavy atom. The number of aromatic nitrogens is 1. The summed E-state index contributed by atoms with van der Waals surface area (Å²) in [5, 5.41) is 6.45. The lowest BCUT2D eigenvalue weighted by Gasteiger charge is -2.16. The van der Waals surface area contributed by atoms with Gasteiger partial charge in [-0.3, -0.25) is 4.79 Å². The molecule has 0 saturated heterocycles. The van der Waals surface area contributed by atoms with Gasteiger partial charge in [0, 0.05) is 29.8 Å². The van der Waals surface area contributed by atoms with Crippen LogP contribution in [0.1, 0.15) is 49.0 Å². The number of carbonyl (C=O) groups is 1. The molecule has 0 radical (unpaired) electrons. The molecule has 5 heteroatoms. The molecule has 1 aliphatic carbocycles. The quantitative estimate of drug-likeness (QED) is 0.575. The molecule has 0 atom stereocenters. The summed E-state index contributed by atoms with van der Waals surface area (Å²) < 4.78 is 0.897. The van der Waals surface area contributed by atoms with Gasteiger partial charge in [-0.15, -0.1) is 0 Å². The second kappa shape index (κ2) is 7.70. The molecular formula is C14H22BrN3O. The third-order valence-electron chi connectivity index (χ3n) is 3.59. The van der Waals surface area contributed by atoms with E-state index in [2.05, 4.69) is 31.5 Å². The van der Waals surface area contributed by atoms with E-state index in [-0.39, 0.29) is 5.91 Å². The smallest absolute Gasteiger partial charge is 0.267 e. The van der Waals surface area contributed by atoms with E-state index in [1.165, 1.54) is 38.5 Å². The molecule has 1 aliphatic rings. The van der Waals surface area contributed by atoms with Crippen LogP contribution in [-0.4, -0.2) is 30.0 Å². The molecule has 4 nitrogen and oxygen atoms in total. The van der Waals surface area contributed by atoms with Gasteiger partial charge in [0.05, 0.1) is 0 Å². The number of aromatic amines is 1. The van der Waals surface area contributed by atoms with E-state index >= 15 is 0 Å². The van der Waals surface area contributed by atoms with Crippen LogP contribution in [0, 0.1) is 0 Å². The number of carbonyl (C=O) groups excluding carboxylic acids is 1. The van der Waals surface area contributed by atoms with Gasteiger partial charge in [-0.2, -0.15) is 0 Å². The first-order valence-corrected chi connectivity index (χ1v) is 7.90. The largest absolute Gasteiger partial charge is 0.356 e. The van der Waals surface area contributed by atoms with Crippen LogP contribution in [0.3, 0.4) is 0 Å². The highest BCUT2D eigenvalue weighted by atomic mass is 79.9. The average Bonchev–Trinajstić information content (AvgIpc) is 2.68. The molecule has 0 bridgehead atoms. The van der Waals surface area contributed by atoms with E-state index in [0.717, 1.165) is 11.0 Å². The van der Waals surface area contributed by atoms with Crippen molar-refractivity contribution in [2.45, 2.75) is 44.6 Å². The zero-order valence-corrected chi connectivity index (χ0v) is 12.8. The molecule has 1 saturated carbocycles. The van der Waals surface area contributed by atoms with Crippen molar-refractivity contribution in [1.29, 1.82) is 0 Å². The molecule has 1 fully saturated rings. The normalized spacial score (nSPS) is 17.1. The molecule has 1 amide bonds. The van der Waals surface area contributed by atoms with E-state index in [1.807, 2.05) is 0 Å². The van der Waals surface area contributed by atoms with Crippen LogP contribution in [-0.2, 0) is 0 Å². The van der Waals surface area contributed by atoms with Crippen LogP contribution in [0.25, 0.3) is 0 Å². The first kappa shape index (κ1) is 14.6. The zero-order chi connectivity index (χ0) is 13.5. The van der Waals surface area contributed by atoms with E-state index in [0.29, 0.717) is 18.3 Å². The third-order valence-corrected chi connectivity index (χ3v) is 4.05. The highest BCUT2D eigenvalue weighted by molar-refractivity contribution is 9.10. The van der Waals surface area contributed by atoms with Gasteiger partial charge in [0.2, 0.25) is 0 Å². The van der Waals surface area contributed by atoms with E-state index < -0.39 is 0 Å². The van der Waals surface area contributed by atoms with Gasteiger partial charge in [-0.1, -0.05) is 25.7 Å². The van der Waals surface area contributed by atoms with Crippen molar-refractivity contribution in [3.8, 4) is 0 Å². The summed E-state index contributed by atoms with van der Waals surface area (Å²) in [5.74, 6) is -0.0478. The lowest BCUT2D eigenvalue weighted by atomic mass is 10.1. The van der Waals surface area contributed by atoms with E-state index in [4.69, 9.17) is 0 Å². The van der Waals surface area contributed by atoms with Crippen LogP contribution >= 0.6 is 15.9 Å². The number of hydrogen-bond donors (Lipinski definition) is 3. The first-order valence-electron chi connectivity index (χ1n) is 7.11. The van der Waals surface area contributed by atoms with Gasteiger partial charge < -0.3 is 15.6 Å². The van der Waals surface area contributed by atoms with Gasteiger partial charge in [0.15, 0.2) is 0 Å². The third kappa shape index (κ3) is 4.99. The Morgan fingerprint density at radius 3 is 2.63 bits per heavy atom. The predicted molar refractivity (Wildman–Crippen MR) is 80.3 cm³/mol. The summed E-state index contributed by atoms with van der Waals surface area (Å²) in [6.45, 7) is 1.52. The summed E-state index contributed by atoms with van der Waals surface area (Å²) in [7, 11) is 0. The fourth-order valence-corrected chi connectivity index (χ4v) is 2.87. The molecular weight excluding hydrogens is 306 g/mol. The van der Waals surface area contributed by atoms with Crippen LogP contribution in [0.5, 0.6) is 0 Å². The average molecular weight is 328 g/mol. The molecule has 0 unspecified atom stereocenters.